The molecule has 2 rings (SSSR count). The van der Waals surface area contributed by atoms with Crippen LogP contribution >= 0.6 is 0 Å². The van der Waals surface area contributed by atoms with Crippen LogP contribution in [0.4, 0.5) is 0 Å². The minimum absolute atomic E-state index is 0.0156. The monoisotopic (exact) mass is 265 g/mol. The molecular formula is C13H19N3O3. The number of aryl methyl sites for hydroxylation is 1. The predicted molar refractivity (Wildman–Crippen MR) is 69.0 cm³/mol. The van der Waals surface area contributed by atoms with Crippen LogP contribution in [0.25, 0.3) is 0 Å². The van der Waals surface area contributed by atoms with Gasteiger partial charge in [-0.2, -0.15) is 4.98 Å². The maximum absolute atomic E-state index is 11.4. The number of hydrogen-bond donors (Lipinski definition) is 1. The van der Waals surface area contributed by atoms with Gasteiger partial charge < -0.3 is 15.2 Å². The van der Waals surface area contributed by atoms with Gasteiger partial charge in [0.05, 0.1) is 7.11 Å². The number of esters is 1. The number of nitrogens with zero attached hydrogens (tertiary/aromatic N) is 2. The number of nitrogens with two attached hydrogens (primary N) is 1. The second kappa shape index (κ2) is 5.97. The lowest BCUT2D eigenvalue weighted by molar-refractivity contribution is 0.0582. The first-order chi connectivity index (χ1) is 9.10. The van der Waals surface area contributed by atoms with Gasteiger partial charge in [-0.15, -0.1) is 0 Å². The molecule has 0 spiro atoms. The highest BCUT2D eigenvalue weighted by Gasteiger charge is 2.24. The molecule has 0 radical (unpaired) electrons. The summed E-state index contributed by atoms with van der Waals surface area (Å²) in [7, 11) is 1.30. The van der Waals surface area contributed by atoms with Gasteiger partial charge in [-0.05, 0) is 26.2 Å². The van der Waals surface area contributed by atoms with Crippen molar-refractivity contribution in [1.82, 2.24) is 9.97 Å². The molecular weight excluding hydrogens is 246 g/mol. The van der Waals surface area contributed by atoms with Gasteiger partial charge in [-0.3, -0.25) is 0 Å². The molecule has 2 atom stereocenters. The van der Waals surface area contributed by atoms with E-state index in [1.807, 2.05) is 0 Å². The summed E-state index contributed by atoms with van der Waals surface area (Å²) in [5, 5.41) is 0. The number of hydrogen-bond acceptors (Lipinski definition) is 6. The van der Waals surface area contributed by atoms with Crippen LogP contribution in [0.2, 0.25) is 0 Å². The lowest BCUT2D eigenvalue weighted by Gasteiger charge is -2.28. The van der Waals surface area contributed by atoms with Crippen molar-refractivity contribution in [3.63, 3.8) is 0 Å². The quantitative estimate of drug-likeness (QED) is 0.827. The van der Waals surface area contributed by atoms with Gasteiger partial charge in [0, 0.05) is 17.8 Å². The Labute approximate surface area is 112 Å². The van der Waals surface area contributed by atoms with Crippen molar-refractivity contribution in [1.29, 1.82) is 0 Å². The van der Waals surface area contributed by atoms with Gasteiger partial charge in [0.25, 0.3) is 0 Å². The second-order valence-electron chi connectivity index (χ2n) is 4.77. The Hall–Kier alpha value is -1.69. The SMILES string of the molecule is COC(=O)c1nc(C)cc(OC2CCCCC2N)n1. The molecule has 6 heteroatoms. The van der Waals surface area contributed by atoms with Crippen molar-refractivity contribution in [2.75, 3.05) is 7.11 Å². The molecule has 1 aromatic heterocycles. The smallest absolute Gasteiger partial charge is 0.376 e. The van der Waals surface area contributed by atoms with Crippen LogP contribution < -0.4 is 10.5 Å². The third kappa shape index (κ3) is 3.41. The standard InChI is InChI=1S/C13H19N3O3/c1-8-7-11(16-12(15-8)13(17)18-2)19-10-6-4-3-5-9(10)14/h7,9-10H,3-6,14H2,1-2H3. The molecule has 0 aromatic carbocycles. The van der Waals surface area contributed by atoms with Crippen molar-refractivity contribution in [3.8, 4) is 5.88 Å². The van der Waals surface area contributed by atoms with E-state index in [9.17, 15) is 4.79 Å². The summed E-state index contributed by atoms with van der Waals surface area (Å²) in [5.74, 6) is -0.168. The van der Waals surface area contributed by atoms with Crippen LogP contribution in [0, 0.1) is 6.92 Å². The third-order valence-corrected chi connectivity index (χ3v) is 3.22. The molecule has 1 saturated carbocycles. The van der Waals surface area contributed by atoms with E-state index >= 15 is 0 Å². The maximum atomic E-state index is 11.4. The lowest BCUT2D eigenvalue weighted by atomic mass is 9.93. The summed E-state index contributed by atoms with van der Waals surface area (Å²) >= 11 is 0. The third-order valence-electron chi connectivity index (χ3n) is 3.22. The first-order valence-electron chi connectivity index (χ1n) is 6.46. The van der Waals surface area contributed by atoms with E-state index in [2.05, 4.69) is 14.7 Å². The molecule has 0 bridgehead atoms. The van der Waals surface area contributed by atoms with Crippen molar-refractivity contribution in [2.45, 2.75) is 44.8 Å². The van der Waals surface area contributed by atoms with E-state index in [4.69, 9.17) is 10.5 Å². The van der Waals surface area contributed by atoms with E-state index in [1.165, 1.54) is 7.11 Å². The number of rotatable bonds is 3. The maximum Gasteiger partial charge on any atom is 0.376 e. The molecule has 0 amide bonds. The van der Waals surface area contributed by atoms with E-state index in [1.54, 1.807) is 13.0 Å². The Kier molecular flexibility index (Phi) is 4.31. The van der Waals surface area contributed by atoms with Gasteiger partial charge in [-0.25, -0.2) is 9.78 Å². The molecule has 1 fully saturated rings. The summed E-state index contributed by atoms with van der Waals surface area (Å²) in [4.78, 5) is 19.5. The molecule has 104 valence electrons. The highest BCUT2D eigenvalue weighted by atomic mass is 16.5. The van der Waals surface area contributed by atoms with Gasteiger partial charge in [0.15, 0.2) is 0 Å². The second-order valence-corrected chi connectivity index (χ2v) is 4.77. The highest BCUT2D eigenvalue weighted by molar-refractivity contribution is 5.85. The van der Waals surface area contributed by atoms with Crippen molar-refractivity contribution in [3.05, 3.63) is 17.6 Å². The molecule has 0 saturated heterocycles. The fraction of sp³-hybridized carbons (Fsp3) is 0.615. The molecule has 6 nitrogen and oxygen atoms in total. The minimum Gasteiger partial charge on any atom is -0.473 e. The number of methoxy groups -OCH3 is 1. The fourth-order valence-corrected chi connectivity index (χ4v) is 2.21. The average molecular weight is 265 g/mol. The molecule has 2 N–H and O–H groups in total. The molecule has 1 aliphatic carbocycles. The zero-order valence-electron chi connectivity index (χ0n) is 11.3. The molecule has 1 aromatic rings. The predicted octanol–water partition coefficient (Wildman–Crippen LogP) is 1.22. The van der Waals surface area contributed by atoms with Crippen LogP contribution in [-0.4, -0.2) is 35.2 Å². The summed E-state index contributed by atoms with van der Waals surface area (Å²) < 4.78 is 10.4. The average Bonchev–Trinajstić information content (AvgIpc) is 2.40. The van der Waals surface area contributed by atoms with Crippen LogP contribution in [0.5, 0.6) is 5.88 Å². The molecule has 1 heterocycles. The van der Waals surface area contributed by atoms with E-state index < -0.39 is 5.97 Å². The van der Waals surface area contributed by atoms with Crippen molar-refractivity contribution in [2.24, 2.45) is 5.73 Å². The van der Waals surface area contributed by atoms with Gasteiger partial charge >= 0.3 is 5.97 Å². The summed E-state index contributed by atoms with van der Waals surface area (Å²) in [6.07, 6.45) is 4.06. The number of carbonyl (C=O) groups excluding carboxylic acids is 1. The molecule has 1 aliphatic rings. The first kappa shape index (κ1) is 13.7. The van der Waals surface area contributed by atoms with E-state index in [0.29, 0.717) is 11.6 Å². The molecule has 2 unspecified atom stereocenters. The first-order valence-corrected chi connectivity index (χ1v) is 6.46. The largest absolute Gasteiger partial charge is 0.473 e. The van der Waals surface area contributed by atoms with Crippen LogP contribution in [-0.2, 0) is 4.74 Å². The number of ether oxygens (including phenoxy) is 2. The Bertz CT molecular complexity index is 464. The van der Waals surface area contributed by atoms with Crippen LogP contribution in [0.15, 0.2) is 6.07 Å². The van der Waals surface area contributed by atoms with Crippen molar-refractivity contribution < 1.29 is 14.3 Å². The Balaban J connectivity index is 2.15. The van der Waals surface area contributed by atoms with Crippen LogP contribution in [0.1, 0.15) is 42.0 Å². The van der Waals surface area contributed by atoms with E-state index in [-0.39, 0.29) is 18.0 Å². The zero-order chi connectivity index (χ0) is 13.8. The summed E-state index contributed by atoms with van der Waals surface area (Å²) in [5.41, 5.74) is 6.69. The lowest BCUT2D eigenvalue weighted by Crippen LogP contribution is -2.41. The number of carbonyl (C=O) groups is 1. The topological polar surface area (TPSA) is 87.3 Å². The van der Waals surface area contributed by atoms with Crippen LogP contribution in [0.3, 0.4) is 0 Å². The van der Waals surface area contributed by atoms with Gasteiger partial charge in [0.2, 0.25) is 11.7 Å². The van der Waals surface area contributed by atoms with E-state index in [0.717, 1.165) is 25.7 Å². The van der Waals surface area contributed by atoms with Gasteiger partial charge in [0.1, 0.15) is 6.10 Å². The summed E-state index contributed by atoms with van der Waals surface area (Å²) in [6, 6.07) is 1.72. The Morgan fingerprint density at radius 2 is 2.11 bits per heavy atom. The highest BCUT2D eigenvalue weighted by Crippen LogP contribution is 2.22. The zero-order valence-corrected chi connectivity index (χ0v) is 11.3. The minimum atomic E-state index is -0.568. The molecule has 0 aliphatic heterocycles. The Morgan fingerprint density at radius 3 is 2.79 bits per heavy atom. The molecule has 19 heavy (non-hydrogen) atoms. The normalized spacial score (nSPS) is 22.9. The number of aromatic nitrogens is 2. The van der Waals surface area contributed by atoms with Gasteiger partial charge in [-0.1, -0.05) is 6.42 Å². The van der Waals surface area contributed by atoms with Crippen molar-refractivity contribution >= 4 is 5.97 Å². The summed E-state index contributed by atoms with van der Waals surface area (Å²) in [6.45, 7) is 1.78. The Morgan fingerprint density at radius 1 is 1.37 bits per heavy atom. The fourth-order valence-electron chi connectivity index (χ4n) is 2.21.